The van der Waals surface area contributed by atoms with E-state index in [4.69, 9.17) is 14.6 Å². The number of hydrogen-bond donors (Lipinski definition) is 2. The molecule has 7 heteroatoms. The Bertz CT molecular complexity index is 583. The molecule has 2 heterocycles. The number of carboxylic acids is 1. The number of halogens is 3. The molecule has 0 spiro atoms. The molecule has 0 saturated carbocycles. The molecule has 2 N–H and O–H groups in total. The van der Waals surface area contributed by atoms with Crippen LogP contribution in [0.25, 0.3) is 0 Å². The number of alkyl halides is 3. The molecule has 1 unspecified atom stereocenters. The Kier molecular flexibility index (Phi) is 4.21. The second-order valence-corrected chi connectivity index (χ2v) is 4.41. The van der Waals surface area contributed by atoms with Gasteiger partial charge < -0.3 is 15.2 Å². The molecule has 2 aliphatic heterocycles. The zero-order chi connectivity index (χ0) is 15.5. The molecule has 4 nitrogen and oxygen atoms in total. The van der Waals surface area contributed by atoms with E-state index in [1.807, 2.05) is 12.5 Å². The first-order valence-electron chi connectivity index (χ1n) is 6.01. The van der Waals surface area contributed by atoms with Crippen LogP contribution in [0.3, 0.4) is 0 Å². The van der Waals surface area contributed by atoms with E-state index in [0.29, 0.717) is 12.5 Å². The van der Waals surface area contributed by atoms with Crippen LogP contribution in [0.15, 0.2) is 59.7 Å². The van der Waals surface area contributed by atoms with E-state index in [2.05, 4.69) is 35.8 Å². The maximum atomic E-state index is 10.6. The fourth-order valence-electron chi connectivity index (χ4n) is 2.09. The van der Waals surface area contributed by atoms with Gasteiger partial charge in [-0.2, -0.15) is 13.2 Å². The van der Waals surface area contributed by atoms with Gasteiger partial charge in [-0.05, 0) is 22.8 Å². The largest absolute Gasteiger partial charge is 0.496 e. The molecule has 0 amide bonds. The Morgan fingerprint density at radius 1 is 1.33 bits per heavy atom. The number of aliphatic carboxylic acids is 1. The average molecular weight is 299 g/mol. The fraction of sp³-hybridized carbons (Fsp3) is 0.214. The van der Waals surface area contributed by atoms with Crippen molar-refractivity contribution in [1.82, 2.24) is 5.32 Å². The van der Waals surface area contributed by atoms with Crippen LogP contribution in [-0.4, -0.2) is 23.9 Å². The van der Waals surface area contributed by atoms with Crippen LogP contribution < -0.4 is 5.32 Å². The summed E-state index contributed by atoms with van der Waals surface area (Å²) in [5, 5.41) is 10.3. The molecule has 0 aromatic carbocycles. The maximum absolute atomic E-state index is 10.6. The molecule has 0 radical (unpaired) electrons. The van der Waals surface area contributed by atoms with Gasteiger partial charge in [0.25, 0.3) is 0 Å². The number of ether oxygens (including phenoxy) is 1. The molecule has 0 aromatic heterocycles. The second kappa shape index (κ2) is 5.90. The van der Waals surface area contributed by atoms with Gasteiger partial charge in [0.1, 0.15) is 6.61 Å². The maximum Gasteiger partial charge on any atom is 0.490 e. The molecule has 21 heavy (non-hydrogen) atoms. The van der Waals surface area contributed by atoms with E-state index in [-0.39, 0.29) is 0 Å². The van der Waals surface area contributed by atoms with Crippen LogP contribution in [0.5, 0.6) is 0 Å². The van der Waals surface area contributed by atoms with Crippen molar-refractivity contribution in [2.75, 3.05) is 6.61 Å². The molecule has 1 aliphatic carbocycles. The SMILES string of the molecule is C1=CC2=CNC=CC3=COCC(=C1)C23.O=C(O)C(F)(F)F. The minimum absolute atomic E-state index is 0.403. The minimum atomic E-state index is -5.08. The predicted octanol–water partition coefficient (Wildman–Crippen LogP) is 2.65. The van der Waals surface area contributed by atoms with E-state index in [1.165, 1.54) is 16.7 Å². The lowest BCUT2D eigenvalue weighted by Gasteiger charge is -2.27. The first-order chi connectivity index (χ1) is 9.89. The Morgan fingerprint density at radius 3 is 2.71 bits per heavy atom. The number of carboxylic acid groups (broad SMARTS) is 1. The zero-order valence-electron chi connectivity index (χ0n) is 10.7. The molecule has 3 rings (SSSR count). The third-order valence-corrected chi connectivity index (χ3v) is 2.97. The van der Waals surface area contributed by atoms with Crippen LogP contribution in [0.1, 0.15) is 0 Å². The topological polar surface area (TPSA) is 58.6 Å². The van der Waals surface area contributed by atoms with Gasteiger partial charge in [-0.1, -0.05) is 18.2 Å². The lowest BCUT2D eigenvalue weighted by Crippen LogP contribution is -2.21. The van der Waals surface area contributed by atoms with Gasteiger partial charge in [0.05, 0.1) is 6.26 Å². The van der Waals surface area contributed by atoms with Gasteiger partial charge in [-0.15, -0.1) is 0 Å². The molecule has 1 atom stereocenters. The molecule has 0 bridgehead atoms. The molecular weight excluding hydrogens is 287 g/mol. The van der Waals surface area contributed by atoms with Crippen molar-refractivity contribution in [2.24, 2.45) is 5.92 Å². The Balaban J connectivity index is 0.000000199. The Labute approximate surface area is 118 Å². The molecule has 0 aromatic rings. The van der Waals surface area contributed by atoms with E-state index >= 15 is 0 Å². The van der Waals surface area contributed by atoms with Crippen molar-refractivity contribution in [3.8, 4) is 0 Å². The number of hydrogen-bond acceptors (Lipinski definition) is 3. The molecule has 0 saturated heterocycles. The van der Waals surface area contributed by atoms with Crippen molar-refractivity contribution in [1.29, 1.82) is 0 Å². The monoisotopic (exact) mass is 299 g/mol. The highest BCUT2D eigenvalue weighted by Crippen LogP contribution is 2.36. The highest BCUT2D eigenvalue weighted by molar-refractivity contribution is 5.73. The smallest absolute Gasteiger partial charge is 0.490 e. The lowest BCUT2D eigenvalue weighted by molar-refractivity contribution is -0.192. The fourth-order valence-corrected chi connectivity index (χ4v) is 2.09. The van der Waals surface area contributed by atoms with Crippen LogP contribution in [0, 0.1) is 5.92 Å². The molecule has 112 valence electrons. The third kappa shape index (κ3) is 3.56. The van der Waals surface area contributed by atoms with Gasteiger partial charge in [0.2, 0.25) is 0 Å². The van der Waals surface area contributed by atoms with Crippen molar-refractivity contribution in [2.45, 2.75) is 6.18 Å². The third-order valence-electron chi connectivity index (χ3n) is 2.97. The van der Waals surface area contributed by atoms with Crippen molar-refractivity contribution in [3.05, 3.63) is 59.7 Å². The van der Waals surface area contributed by atoms with E-state index in [1.54, 1.807) is 0 Å². The van der Waals surface area contributed by atoms with Crippen molar-refractivity contribution < 1.29 is 27.8 Å². The summed E-state index contributed by atoms with van der Waals surface area (Å²) in [5.74, 6) is -2.35. The second-order valence-electron chi connectivity index (χ2n) is 4.41. The Hall–Kier alpha value is -2.44. The van der Waals surface area contributed by atoms with Crippen LogP contribution in [0.4, 0.5) is 13.2 Å². The highest BCUT2D eigenvalue weighted by atomic mass is 19.4. The van der Waals surface area contributed by atoms with Gasteiger partial charge >= 0.3 is 12.1 Å². The standard InChI is InChI=1S/C12H11NO.C2HF3O2/c1-2-9-6-13-5-4-11-8-14-7-10(3-1)12(9)11;3-2(4,5)1(6)7/h1-6,8,12-13H,7H2;(H,6,7). The molecular formula is C14H12F3NO3. The summed E-state index contributed by atoms with van der Waals surface area (Å²) in [6.45, 7) is 0.712. The van der Waals surface area contributed by atoms with Gasteiger partial charge in [-0.3, -0.25) is 0 Å². The van der Waals surface area contributed by atoms with Gasteiger partial charge in [0.15, 0.2) is 0 Å². The van der Waals surface area contributed by atoms with Gasteiger partial charge in [-0.25, -0.2) is 4.79 Å². The average Bonchev–Trinajstić information content (AvgIpc) is 2.63. The van der Waals surface area contributed by atoms with Crippen LogP contribution >= 0.6 is 0 Å². The summed E-state index contributed by atoms with van der Waals surface area (Å²) < 4.78 is 37.1. The van der Waals surface area contributed by atoms with Crippen molar-refractivity contribution in [3.63, 3.8) is 0 Å². The summed E-state index contributed by atoms with van der Waals surface area (Å²) in [7, 11) is 0. The molecule has 0 fully saturated rings. The van der Waals surface area contributed by atoms with E-state index in [9.17, 15) is 13.2 Å². The highest BCUT2D eigenvalue weighted by Gasteiger charge is 2.38. The first-order valence-corrected chi connectivity index (χ1v) is 6.01. The number of carbonyl (C=O) groups is 1. The molecule has 3 aliphatic rings. The van der Waals surface area contributed by atoms with Crippen molar-refractivity contribution >= 4 is 5.97 Å². The summed E-state index contributed by atoms with van der Waals surface area (Å²) in [5.41, 5.74) is 3.87. The van der Waals surface area contributed by atoms with Crippen LogP contribution in [-0.2, 0) is 9.53 Å². The summed E-state index contributed by atoms with van der Waals surface area (Å²) in [4.78, 5) is 8.90. The number of rotatable bonds is 0. The predicted molar refractivity (Wildman–Crippen MR) is 68.8 cm³/mol. The zero-order valence-corrected chi connectivity index (χ0v) is 10.7. The minimum Gasteiger partial charge on any atom is -0.496 e. The summed E-state index contributed by atoms with van der Waals surface area (Å²) in [6, 6.07) is 0. The lowest BCUT2D eigenvalue weighted by atomic mass is 9.81. The normalized spacial score (nSPS) is 22.0. The number of allylic oxidation sites excluding steroid dienone is 6. The number of nitrogens with one attached hydrogen (secondary N) is 1. The van der Waals surface area contributed by atoms with E-state index in [0.717, 1.165) is 0 Å². The summed E-state index contributed by atoms with van der Waals surface area (Å²) in [6.07, 6.45) is 9.21. The quantitative estimate of drug-likeness (QED) is 0.722. The first kappa shape index (κ1) is 15.0. The van der Waals surface area contributed by atoms with Gasteiger partial charge in [0, 0.05) is 18.3 Å². The van der Waals surface area contributed by atoms with Crippen LogP contribution in [0.2, 0.25) is 0 Å². The van der Waals surface area contributed by atoms with E-state index < -0.39 is 12.1 Å². The summed E-state index contributed by atoms with van der Waals surface area (Å²) >= 11 is 0. The Morgan fingerprint density at radius 2 is 2.05 bits per heavy atom.